The molecule has 0 radical (unpaired) electrons. The fourth-order valence-electron chi connectivity index (χ4n) is 2.50. The van der Waals surface area contributed by atoms with Gasteiger partial charge in [0.25, 0.3) is 0 Å². The Morgan fingerprint density at radius 3 is 2.65 bits per heavy atom. The highest BCUT2D eigenvalue weighted by Gasteiger charge is 2.23. The number of nitrogen functional groups attached to an aromatic ring is 1. The maximum atomic E-state index is 11.8. The van der Waals surface area contributed by atoms with Crippen molar-refractivity contribution < 1.29 is 0 Å². The molecule has 1 aromatic heterocycles. The third-order valence-electron chi connectivity index (χ3n) is 3.51. The number of nitrogens with zero attached hydrogens (tertiary/aromatic N) is 3. The summed E-state index contributed by atoms with van der Waals surface area (Å²) in [5.41, 5.74) is 6.71. The van der Waals surface area contributed by atoms with Crippen molar-refractivity contribution in [1.29, 1.82) is 0 Å². The Labute approximate surface area is 113 Å². The van der Waals surface area contributed by atoms with Crippen molar-refractivity contribution in [3.05, 3.63) is 32.1 Å². The van der Waals surface area contributed by atoms with E-state index < -0.39 is 10.9 Å². The maximum Gasteiger partial charge on any atom is 0.236 e. The summed E-state index contributed by atoms with van der Waals surface area (Å²) in [6.45, 7) is 2.06. The van der Waals surface area contributed by atoms with Gasteiger partial charge < -0.3 is 5.73 Å². The fraction of sp³-hybridized carbons (Fsp3) is 0.308. The Bertz CT molecular complexity index is 844. The molecule has 0 amide bonds. The minimum atomic E-state index is -0.502. The molecule has 3 N–H and O–H groups in total. The molecule has 3 aromatic rings. The predicted octanol–water partition coefficient (Wildman–Crippen LogP) is 0.541. The smallest absolute Gasteiger partial charge is 0.236 e. The molecule has 0 spiro atoms. The van der Waals surface area contributed by atoms with Crippen LogP contribution in [-0.4, -0.2) is 20.6 Å². The van der Waals surface area contributed by atoms with Crippen LogP contribution in [0.15, 0.2) is 15.7 Å². The van der Waals surface area contributed by atoms with E-state index in [4.69, 9.17) is 5.73 Å². The topological polar surface area (TPSA) is 115 Å². The van der Waals surface area contributed by atoms with Gasteiger partial charge in [-0.25, -0.2) is 5.10 Å². The summed E-state index contributed by atoms with van der Waals surface area (Å²) in [6, 6.07) is 1.66. The molecular weight excluding hydrogens is 258 g/mol. The van der Waals surface area contributed by atoms with E-state index in [1.807, 2.05) is 0 Å². The largest absolute Gasteiger partial charge is 0.398 e. The first kappa shape index (κ1) is 12.5. The highest BCUT2D eigenvalue weighted by atomic mass is 16.2. The van der Waals surface area contributed by atoms with E-state index in [2.05, 4.69) is 27.5 Å². The summed E-state index contributed by atoms with van der Waals surface area (Å²) in [5, 5.41) is 14.4. The van der Waals surface area contributed by atoms with Crippen LogP contribution < -0.4 is 16.6 Å². The summed E-state index contributed by atoms with van der Waals surface area (Å²) in [7, 11) is 0. The van der Waals surface area contributed by atoms with Crippen molar-refractivity contribution in [2.45, 2.75) is 26.2 Å². The summed E-state index contributed by atoms with van der Waals surface area (Å²) in [4.78, 5) is 23.5. The van der Waals surface area contributed by atoms with Gasteiger partial charge in [-0.15, -0.1) is 5.10 Å². The molecule has 0 aliphatic carbocycles. The Morgan fingerprint density at radius 1 is 1.25 bits per heavy atom. The minimum absolute atomic E-state index is 0.302. The molecule has 7 nitrogen and oxygen atoms in total. The summed E-state index contributed by atoms with van der Waals surface area (Å²) < 4.78 is 0. The van der Waals surface area contributed by atoms with Crippen LogP contribution in [-0.2, 0) is 6.42 Å². The zero-order valence-electron chi connectivity index (χ0n) is 10.9. The van der Waals surface area contributed by atoms with Crippen molar-refractivity contribution in [3.63, 3.8) is 0 Å². The van der Waals surface area contributed by atoms with Crippen molar-refractivity contribution in [3.8, 4) is 11.4 Å². The summed E-state index contributed by atoms with van der Waals surface area (Å²) in [6.07, 6.45) is 2.58. The number of nitrogens with one attached hydrogen (secondary N) is 1. The monoisotopic (exact) mass is 271 g/mol. The zero-order chi connectivity index (χ0) is 14.3. The molecule has 20 heavy (non-hydrogen) atoms. The quantitative estimate of drug-likeness (QED) is 0.528. The summed E-state index contributed by atoms with van der Waals surface area (Å²) in [5.74, 6) is 0.456. The van der Waals surface area contributed by atoms with Crippen molar-refractivity contribution in [1.82, 2.24) is 20.6 Å². The number of hydrogen-bond donors (Lipinski definition) is 2. The number of aryl methyl sites for hydroxylation is 1. The molecule has 7 heteroatoms. The molecule has 0 saturated carbocycles. The second kappa shape index (κ2) is 4.52. The predicted molar refractivity (Wildman–Crippen MR) is 75.1 cm³/mol. The van der Waals surface area contributed by atoms with Gasteiger partial charge in [0.2, 0.25) is 10.9 Å². The molecule has 0 bridgehead atoms. The van der Waals surface area contributed by atoms with E-state index in [1.165, 1.54) is 0 Å². The standard InChI is InChI=1S/C13H13N5O2/c1-2-3-4-6-7(13-15-17-18-16-13)5-8(14)10-9(6)11(19)12(10)20/h5H,2-4,14H2,1H3,(H,15,16,17,18). The van der Waals surface area contributed by atoms with Gasteiger partial charge in [0, 0.05) is 16.6 Å². The van der Waals surface area contributed by atoms with Gasteiger partial charge in [0.05, 0.1) is 5.39 Å². The molecule has 0 aliphatic rings. The lowest BCUT2D eigenvalue weighted by molar-refractivity contribution is 0.798. The number of tetrazole rings is 1. The number of rotatable bonds is 4. The molecular formula is C13H13N5O2. The van der Waals surface area contributed by atoms with E-state index in [0.29, 0.717) is 34.3 Å². The van der Waals surface area contributed by atoms with Crippen LogP contribution in [0.4, 0.5) is 5.69 Å². The van der Waals surface area contributed by atoms with Crippen molar-refractivity contribution >= 4 is 16.5 Å². The highest BCUT2D eigenvalue weighted by Crippen LogP contribution is 2.31. The summed E-state index contributed by atoms with van der Waals surface area (Å²) >= 11 is 0. The Morgan fingerprint density at radius 2 is 2.00 bits per heavy atom. The number of aromatic nitrogens is 4. The molecule has 0 unspecified atom stereocenters. The number of hydrogen-bond acceptors (Lipinski definition) is 6. The van der Waals surface area contributed by atoms with Gasteiger partial charge >= 0.3 is 0 Å². The number of aromatic amines is 1. The van der Waals surface area contributed by atoms with Crippen LogP contribution in [0.5, 0.6) is 0 Å². The van der Waals surface area contributed by atoms with Gasteiger partial charge in [-0.1, -0.05) is 13.3 Å². The zero-order valence-corrected chi connectivity index (χ0v) is 10.9. The van der Waals surface area contributed by atoms with Crippen molar-refractivity contribution in [2.75, 3.05) is 5.73 Å². The Kier molecular flexibility index (Phi) is 2.81. The maximum absolute atomic E-state index is 11.8. The second-order valence-electron chi connectivity index (χ2n) is 4.75. The van der Waals surface area contributed by atoms with E-state index in [0.717, 1.165) is 18.4 Å². The third-order valence-corrected chi connectivity index (χ3v) is 3.51. The Hall–Kier alpha value is -2.57. The number of anilines is 1. The average molecular weight is 271 g/mol. The Balaban J connectivity index is 2.31. The van der Waals surface area contributed by atoms with E-state index in [-0.39, 0.29) is 0 Å². The van der Waals surface area contributed by atoms with Crippen LogP contribution >= 0.6 is 0 Å². The molecule has 0 fully saturated rings. The molecule has 1 heterocycles. The third kappa shape index (κ3) is 1.63. The first-order valence-electron chi connectivity index (χ1n) is 6.43. The molecule has 2 aromatic carbocycles. The SMILES string of the molecule is CCCCc1c(-c2nnn[nH]2)cc(N)c2c(=O)c(=O)c12. The molecule has 0 aliphatic heterocycles. The average Bonchev–Trinajstić information content (AvgIpc) is 2.97. The van der Waals surface area contributed by atoms with E-state index in [1.54, 1.807) is 6.07 Å². The van der Waals surface area contributed by atoms with Crippen LogP contribution in [0.2, 0.25) is 0 Å². The lowest BCUT2D eigenvalue weighted by Gasteiger charge is -2.13. The fourth-order valence-corrected chi connectivity index (χ4v) is 2.50. The van der Waals surface area contributed by atoms with E-state index in [9.17, 15) is 9.59 Å². The number of H-pyrrole nitrogens is 1. The lowest BCUT2D eigenvalue weighted by atomic mass is 9.90. The molecule has 3 rings (SSSR count). The van der Waals surface area contributed by atoms with Crippen LogP contribution in [0.1, 0.15) is 25.3 Å². The van der Waals surface area contributed by atoms with Crippen LogP contribution in [0, 0.1) is 0 Å². The highest BCUT2D eigenvalue weighted by molar-refractivity contribution is 6.02. The molecule has 0 saturated heterocycles. The van der Waals surface area contributed by atoms with Gasteiger partial charge in [0.15, 0.2) is 5.82 Å². The van der Waals surface area contributed by atoms with Gasteiger partial charge in [-0.3, -0.25) is 9.59 Å². The number of unbranched alkanes of at least 4 members (excludes halogenated alkanes) is 1. The van der Waals surface area contributed by atoms with Crippen LogP contribution in [0.3, 0.4) is 0 Å². The number of benzene rings is 1. The van der Waals surface area contributed by atoms with E-state index >= 15 is 0 Å². The van der Waals surface area contributed by atoms with Gasteiger partial charge in [0.1, 0.15) is 0 Å². The number of nitrogens with two attached hydrogens (primary N) is 1. The van der Waals surface area contributed by atoms with Gasteiger partial charge in [-0.2, -0.15) is 0 Å². The van der Waals surface area contributed by atoms with Crippen molar-refractivity contribution in [2.24, 2.45) is 0 Å². The number of fused-ring (bicyclic) bond motifs is 1. The first-order valence-corrected chi connectivity index (χ1v) is 6.43. The van der Waals surface area contributed by atoms with Gasteiger partial charge in [-0.05, 0) is 34.9 Å². The van der Waals surface area contributed by atoms with Crippen LogP contribution in [0.25, 0.3) is 22.2 Å². The normalized spacial score (nSPS) is 11.4. The first-order chi connectivity index (χ1) is 9.65. The minimum Gasteiger partial charge on any atom is -0.398 e. The molecule has 0 atom stereocenters. The second-order valence-corrected chi connectivity index (χ2v) is 4.75. The molecule has 102 valence electrons. The lowest BCUT2D eigenvalue weighted by Crippen LogP contribution is -2.32.